The van der Waals surface area contributed by atoms with Crippen molar-refractivity contribution in [2.45, 2.75) is 19.3 Å². The van der Waals surface area contributed by atoms with Crippen LogP contribution in [0.3, 0.4) is 0 Å². The smallest absolute Gasteiger partial charge is 0.303 e. The highest BCUT2D eigenvalue weighted by atomic mass is 79.9. The molecule has 1 fully saturated rings. The molecule has 1 aromatic rings. The van der Waals surface area contributed by atoms with Crippen LogP contribution < -0.4 is 4.74 Å². The molecule has 1 heterocycles. The number of carbonyl (C=O) groups is 2. The number of hydrogen-bond donors (Lipinski definition) is 1. The van der Waals surface area contributed by atoms with Gasteiger partial charge in [-0.15, -0.1) is 0 Å². The molecule has 2 rings (SSSR count). The number of ether oxygens (including phenoxy) is 1. The van der Waals surface area contributed by atoms with Crippen LogP contribution in [0.4, 0.5) is 0 Å². The average molecular weight is 356 g/mol. The van der Waals surface area contributed by atoms with E-state index in [2.05, 4.69) is 15.9 Å². The predicted octanol–water partition coefficient (Wildman–Crippen LogP) is 2.54. The third-order valence-electron chi connectivity index (χ3n) is 3.50. The van der Waals surface area contributed by atoms with Crippen LogP contribution in [-0.4, -0.2) is 41.6 Å². The number of likely N-dealkylation sites (tertiary alicyclic amines) is 1. The number of aliphatic carboxylic acids is 1. The third-order valence-corrected chi connectivity index (χ3v) is 4.03. The molecule has 114 valence electrons. The molecule has 1 N–H and O–H groups in total. The van der Waals surface area contributed by atoms with Gasteiger partial charge in [-0.1, -0.05) is 15.9 Å². The van der Waals surface area contributed by atoms with E-state index in [0.717, 1.165) is 16.6 Å². The van der Waals surface area contributed by atoms with E-state index in [1.807, 2.05) is 24.3 Å². The van der Waals surface area contributed by atoms with Crippen LogP contribution in [0.2, 0.25) is 0 Å². The second-order valence-corrected chi connectivity index (χ2v) is 6.06. The second-order valence-electron chi connectivity index (χ2n) is 5.14. The summed E-state index contributed by atoms with van der Waals surface area (Å²) in [6.45, 7) is 1.53. The molecule has 0 saturated carbocycles. The molecular formula is C15H18BrNO4. The molecule has 21 heavy (non-hydrogen) atoms. The molecule has 1 aliphatic rings. The van der Waals surface area contributed by atoms with Crippen LogP contribution in [-0.2, 0) is 9.59 Å². The fraction of sp³-hybridized carbons (Fsp3) is 0.467. The number of rotatable bonds is 6. The molecule has 6 heteroatoms. The number of carboxylic acids is 1. The van der Waals surface area contributed by atoms with Crippen molar-refractivity contribution in [2.75, 3.05) is 19.7 Å². The number of nitrogens with zero attached hydrogens (tertiary/aromatic N) is 1. The van der Waals surface area contributed by atoms with Gasteiger partial charge in [-0.3, -0.25) is 9.59 Å². The molecule has 0 spiro atoms. The molecule has 1 aliphatic heterocycles. The van der Waals surface area contributed by atoms with Gasteiger partial charge in [-0.05, 0) is 36.6 Å². The van der Waals surface area contributed by atoms with Crippen molar-refractivity contribution in [1.29, 1.82) is 0 Å². The maximum atomic E-state index is 12.0. The summed E-state index contributed by atoms with van der Waals surface area (Å²) >= 11 is 3.35. The molecule has 1 amide bonds. The van der Waals surface area contributed by atoms with E-state index in [1.165, 1.54) is 0 Å². The molecule has 0 bridgehead atoms. The highest BCUT2D eigenvalue weighted by molar-refractivity contribution is 9.10. The first-order chi connectivity index (χ1) is 10.0. The molecular weight excluding hydrogens is 338 g/mol. The van der Waals surface area contributed by atoms with Gasteiger partial charge in [0, 0.05) is 24.0 Å². The fourth-order valence-corrected chi connectivity index (χ4v) is 2.68. The average Bonchev–Trinajstić information content (AvgIpc) is 2.88. The first kappa shape index (κ1) is 15.8. The van der Waals surface area contributed by atoms with Gasteiger partial charge in [0.1, 0.15) is 5.75 Å². The Kier molecular flexibility index (Phi) is 5.61. The van der Waals surface area contributed by atoms with Gasteiger partial charge in [-0.25, -0.2) is 0 Å². The number of hydrogen-bond acceptors (Lipinski definition) is 3. The van der Waals surface area contributed by atoms with Crippen LogP contribution in [0.15, 0.2) is 28.7 Å². The van der Waals surface area contributed by atoms with Crippen molar-refractivity contribution in [3.63, 3.8) is 0 Å². The minimum absolute atomic E-state index is 0.0278. The molecule has 1 unspecified atom stereocenters. The van der Waals surface area contributed by atoms with Gasteiger partial charge in [0.25, 0.3) is 0 Å². The normalized spacial score (nSPS) is 17.8. The summed E-state index contributed by atoms with van der Waals surface area (Å²) in [7, 11) is 0. The van der Waals surface area contributed by atoms with E-state index in [0.29, 0.717) is 26.1 Å². The highest BCUT2D eigenvalue weighted by Crippen LogP contribution is 2.20. The molecule has 1 aromatic carbocycles. The number of halogens is 1. The highest BCUT2D eigenvalue weighted by Gasteiger charge is 2.27. The first-order valence-electron chi connectivity index (χ1n) is 6.92. The van der Waals surface area contributed by atoms with Gasteiger partial charge >= 0.3 is 5.97 Å². The Balaban J connectivity index is 1.70. The monoisotopic (exact) mass is 355 g/mol. The SMILES string of the molecule is O=C(O)CC1CCN(C(=O)CCOc2ccc(Br)cc2)C1. The van der Waals surface area contributed by atoms with Crippen LogP contribution in [0.25, 0.3) is 0 Å². The molecule has 5 nitrogen and oxygen atoms in total. The minimum atomic E-state index is -0.798. The van der Waals surface area contributed by atoms with Crippen molar-refractivity contribution >= 4 is 27.8 Å². The number of carbonyl (C=O) groups excluding carboxylic acids is 1. The number of amides is 1. The van der Waals surface area contributed by atoms with E-state index in [1.54, 1.807) is 4.90 Å². The lowest BCUT2D eigenvalue weighted by Gasteiger charge is -2.16. The van der Waals surface area contributed by atoms with Gasteiger partial charge < -0.3 is 14.7 Å². The Morgan fingerprint density at radius 3 is 2.71 bits per heavy atom. The van der Waals surface area contributed by atoms with Crippen molar-refractivity contribution in [2.24, 2.45) is 5.92 Å². The zero-order chi connectivity index (χ0) is 15.2. The van der Waals surface area contributed by atoms with Crippen molar-refractivity contribution in [3.05, 3.63) is 28.7 Å². The maximum absolute atomic E-state index is 12.0. The Labute approximate surface area is 132 Å². The zero-order valence-corrected chi connectivity index (χ0v) is 13.2. The Morgan fingerprint density at radius 2 is 2.05 bits per heavy atom. The lowest BCUT2D eigenvalue weighted by Crippen LogP contribution is -2.30. The summed E-state index contributed by atoms with van der Waals surface area (Å²) in [4.78, 5) is 24.4. The standard InChI is InChI=1S/C15H18BrNO4/c16-12-1-3-13(4-2-12)21-8-6-14(18)17-7-5-11(10-17)9-15(19)20/h1-4,11H,5-10H2,(H,19,20). The fourth-order valence-electron chi connectivity index (χ4n) is 2.42. The summed E-state index contributed by atoms with van der Waals surface area (Å²) in [5.74, 6) is 0.0443. The quantitative estimate of drug-likeness (QED) is 0.851. The van der Waals surface area contributed by atoms with E-state index in [9.17, 15) is 9.59 Å². The number of benzene rings is 1. The van der Waals surface area contributed by atoms with E-state index in [4.69, 9.17) is 9.84 Å². The molecule has 1 saturated heterocycles. The molecule has 0 aromatic heterocycles. The summed E-state index contributed by atoms with van der Waals surface area (Å²) in [5.41, 5.74) is 0. The zero-order valence-electron chi connectivity index (χ0n) is 11.6. The predicted molar refractivity (Wildman–Crippen MR) is 81.2 cm³/mol. The minimum Gasteiger partial charge on any atom is -0.493 e. The molecule has 1 atom stereocenters. The van der Waals surface area contributed by atoms with Gasteiger partial charge in [0.05, 0.1) is 13.0 Å². The van der Waals surface area contributed by atoms with Crippen molar-refractivity contribution < 1.29 is 19.4 Å². The topological polar surface area (TPSA) is 66.8 Å². The molecule has 0 aliphatic carbocycles. The van der Waals surface area contributed by atoms with Gasteiger partial charge in [-0.2, -0.15) is 0 Å². The summed E-state index contributed by atoms with van der Waals surface area (Å²) in [6.07, 6.45) is 1.22. The van der Waals surface area contributed by atoms with Crippen molar-refractivity contribution in [1.82, 2.24) is 4.90 Å². The Bertz CT molecular complexity index is 503. The molecule has 0 radical (unpaired) electrons. The number of carboxylic acid groups (broad SMARTS) is 1. The van der Waals surface area contributed by atoms with E-state index < -0.39 is 5.97 Å². The third kappa shape index (κ3) is 5.04. The van der Waals surface area contributed by atoms with Crippen LogP contribution in [0, 0.1) is 5.92 Å². The van der Waals surface area contributed by atoms with Gasteiger partial charge in [0.15, 0.2) is 0 Å². The maximum Gasteiger partial charge on any atom is 0.303 e. The second kappa shape index (κ2) is 7.45. The first-order valence-corrected chi connectivity index (χ1v) is 7.72. The van der Waals surface area contributed by atoms with Gasteiger partial charge in [0.2, 0.25) is 5.91 Å². The lowest BCUT2D eigenvalue weighted by atomic mass is 10.1. The summed E-state index contributed by atoms with van der Waals surface area (Å²) in [5, 5.41) is 8.76. The van der Waals surface area contributed by atoms with E-state index >= 15 is 0 Å². The Morgan fingerprint density at radius 1 is 1.33 bits per heavy atom. The van der Waals surface area contributed by atoms with Crippen LogP contribution in [0.1, 0.15) is 19.3 Å². The van der Waals surface area contributed by atoms with E-state index in [-0.39, 0.29) is 18.2 Å². The van der Waals surface area contributed by atoms with Crippen LogP contribution in [0.5, 0.6) is 5.75 Å². The van der Waals surface area contributed by atoms with Crippen LogP contribution >= 0.6 is 15.9 Å². The van der Waals surface area contributed by atoms with Crippen molar-refractivity contribution in [3.8, 4) is 5.75 Å². The Hall–Kier alpha value is -1.56. The summed E-state index contributed by atoms with van der Waals surface area (Å²) < 4.78 is 6.50. The lowest BCUT2D eigenvalue weighted by molar-refractivity contribution is -0.138. The largest absolute Gasteiger partial charge is 0.493 e. The summed E-state index contributed by atoms with van der Waals surface area (Å²) in [6, 6.07) is 7.45.